The van der Waals surface area contributed by atoms with Gasteiger partial charge >= 0.3 is 0 Å². The molecule has 6 heteroatoms. The second-order valence-corrected chi connectivity index (χ2v) is 5.63. The maximum Gasteiger partial charge on any atom is 0.248 e. The molecule has 5 nitrogen and oxygen atoms in total. The average molecular weight is 376 g/mol. The number of ether oxygens (including phenoxy) is 3. The van der Waals surface area contributed by atoms with Gasteiger partial charge in [-0.2, -0.15) is 0 Å². The molecular weight excluding hydrogens is 354 g/mol. The summed E-state index contributed by atoms with van der Waals surface area (Å²) in [5.41, 5.74) is 1.34. The molecule has 0 fully saturated rings. The van der Waals surface area contributed by atoms with Crippen LogP contribution < -0.4 is 19.5 Å². The van der Waals surface area contributed by atoms with Gasteiger partial charge in [-0.25, -0.2) is 0 Å². The molecule has 0 saturated carbocycles. The fraction of sp³-hybridized carbons (Fsp3) is 0.250. The molecule has 0 atom stereocenters. The number of amides is 1. The maximum atomic E-state index is 12.2. The molecule has 0 heterocycles. The molecule has 0 radical (unpaired) electrons. The van der Waals surface area contributed by atoms with E-state index in [1.54, 1.807) is 37.5 Å². The Morgan fingerprint density at radius 2 is 1.85 bits per heavy atom. The van der Waals surface area contributed by atoms with E-state index in [2.05, 4.69) is 5.32 Å². The standard InChI is InChI=1S/C20H22ClNO4/c1-4-25-17-9-7-6-8-16(17)22-19(23)11-10-14-12-15(21)20(26-5-2)18(13-14)24-3/h6-13H,4-5H2,1-3H3,(H,22,23)/b11-10+. The Morgan fingerprint density at radius 1 is 1.12 bits per heavy atom. The highest BCUT2D eigenvalue weighted by atomic mass is 35.5. The normalized spacial score (nSPS) is 10.6. The van der Waals surface area contributed by atoms with Crippen molar-refractivity contribution in [1.82, 2.24) is 0 Å². The number of nitrogens with one attached hydrogen (secondary N) is 1. The average Bonchev–Trinajstić information content (AvgIpc) is 2.63. The first kappa shape index (κ1) is 19.7. The van der Waals surface area contributed by atoms with Gasteiger partial charge in [0.2, 0.25) is 5.91 Å². The van der Waals surface area contributed by atoms with Gasteiger partial charge in [0.15, 0.2) is 11.5 Å². The van der Waals surface area contributed by atoms with Crippen LogP contribution in [0.25, 0.3) is 6.08 Å². The number of carbonyl (C=O) groups excluding carboxylic acids is 1. The molecule has 2 aromatic carbocycles. The van der Waals surface area contributed by atoms with E-state index in [0.717, 1.165) is 5.56 Å². The first-order valence-corrected chi connectivity index (χ1v) is 8.68. The number of anilines is 1. The molecule has 2 aromatic rings. The predicted octanol–water partition coefficient (Wildman–Crippen LogP) is 4.80. The van der Waals surface area contributed by atoms with Crippen LogP contribution in [-0.2, 0) is 4.79 Å². The minimum Gasteiger partial charge on any atom is -0.493 e. The van der Waals surface area contributed by atoms with Crippen LogP contribution in [0.2, 0.25) is 5.02 Å². The SMILES string of the molecule is CCOc1ccccc1NC(=O)/C=C/c1cc(Cl)c(OCC)c(OC)c1. The zero-order valence-corrected chi connectivity index (χ0v) is 15.8. The van der Waals surface area contributed by atoms with Crippen molar-refractivity contribution in [3.05, 3.63) is 53.1 Å². The molecule has 138 valence electrons. The number of rotatable bonds is 8. The summed E-state index contributed by atoms with van der Waals surface area (Å²) in [5.74, 6) is 1.36. The predicted molar refractivity (Wildman–Crippen MR) is 104 cm³/mol. The van der Waals surface area contributed by atoms with Crippen LogP contribution in [0.5, 0.6) is 17.2 Å². The Hall–Kier alpha value is -2.66. The molecule has 1 amide bonds. The molecule has 0 saturated heterocycles. The summed E-state index contributed by atoms with van der Waals surface area (Å²) in [6.07, 6.45) is 3.08. The van der Waals surface area contributed by atoms with Crippen molar-refractivity contribution in [2.75, 3.05) is 25.6 Å². The van der Waals surface area contributed by atoms with Gasteiger partial charge < -0.3 is 19.5 Å². The molecule has 2 rings (SSSR count). The lowest BCUT2D eigenvalue weighted by atomic mass is 10.2. The quantitative estimate of drug-likeness (QED) is 0.673. The van der Waals surface area contributed by atoms with E-state index < -0.39 is 0 Å². The Bertz CT molecular complexity index is 789. The lowest BCUT2D eigenvalue weighted by molar-refractivity contribution is -0.111. The lowest BCUT2D eigenvalue weighted by Crippen LogP contribution is -2.09. The van der Waals surface area contributed by atoms with Crippen molar-refractivity contribution < 1.29 is 19.0 Å². The van der Waals surface area contributed by atoms with Gasteiger partial charge in [0.1, 0.15) is 5.75 Å². The van der Waals surface area contributed by atoms with Crippen LogP contribution in [0.3, 0.4) is 0 Å². The molecule has 0 bridgehead atoms. The Balaban J connectivity index is 2.14. The van der Waals surface area contributed by atoms with Crippen LogP contribution in [0.15, 0.2) is 42.5 Å². The summed E-state index contributed by atoms with van der Waals surface area (Å²) in [6, 6.07) is 10.7. The van der Waals surface area contributed by atoms with Crippen molar-refractivity contribution in [3.8, 4) is 17.2 Å². The van der Waals surface area contributed by atoms with Crippen molar-refractivity contribution in [2.24, 2.45) is 0 Å². The lowest BCUT2D eigenvalue weighted by Gasteiger charge is -2.12. The molecular formula is C20H22ClNO4. The zero-order valence-electron chi connectivity index (χ0n) is 15.0. The molecule has 0 aliphatic heterocycles. The van der Waals surface area contributed by atoms with E-state index in [9.17, 15) is 4.79 Å². The number of methoxy groups -OCH3 is 1. The summed E-state index contributed by atoms with van der Waals surface area (Å²) in [5, 5.41) is 3.22. The van der Waals surface area contributed by atoms with Crippen LogP contribution in [0, 0.1) is 0 Å². The molecule has 26 heavy (non-hydrogen) atoms. The van der Waals surface area contributed by atoms with Gasteiger partial charge in [0.25, 0.3) is 0 Å². The number of carbonyl (C=O) groups is 1. The molecule has 0 aromatic heterocycles. The highest BCUT2D eigenvalue weighted by molar-refractivity contribution is 6.32. The van der Waals surface area contributed by atoms with Crippen molar-refractivity contribution in [1.29, 1.82) is 0 Å². The van der Waals surface area contributed by atoms with Gasteiger partial charge in [-0.1, -0.05) is 23.7 Å². The Labute approximate surface area is 158 Å². The van der Waals surface area contributed by atoms with Gasteiger partial charge in [0.05, 0.1) is 31.0 Å². The van der Waals surface area contributed by atoms with Crippen molar-refractivity contribution in [3.63, 3.8) is 0 Å². The third-order valence-corrected chi connectivity index (χ3v) is 3.69. The summed E-state index contributed by atoms with van der Waals surface area (Å²) in [6.45, 7) is 4.76. The molecule has 0 spiro atoms. The number of para-hydroxylation sites is 2. The van der Waals surface area contributed by atoms with Crippen molar-refractivity contribution in [2.45, 2.75) is 13.8 Å². The van der Waals surface area contributed by atoms with Crippen LogP contribution in [0.1, 0.15) is 19.4 Å². The number of hydrogen-bond donors (Lipinski definition) is 1. The Morgan fingerprint density at radius 3 is 2.54 bits per heavy atom. The smallest absolute Gasteiger partial charge is 0.248 e. The van der Waals surface area contributed by atoms with E-state index in [-0.39, 0.29) is 5.91 Å². The summed E-state index contributed by atoms with van der Waals surface area (Å²) in [4.78, 5) is 12.2. The topological polar surface area (TPSA) is 56.8 Å². The third-order valence-electron chi connectivity index (χ3n) is 3.41. The van der Waals surface area contributed by atoms with Crippen LogP contribution in [0.4, 0.5) is 5.69 Å². The maximum absolute atomic E-state index is 12.2. The second-order valence-electron chi connectivity index (χ2n) is 5.22. The Kier molecular flexibility index (Phi) is 7.36. The van der Waals surface area contributed by atoms with E-state index in [1.165, 1.54) is 6.08 Å². The first-order chi connectivity index (χ1) is 12.6. The van der Waals surface area contributed by atoms with Crippen LogP contribution in [-0.4, -0.2) is 26.2 Å². The van der Waals surface area contributed by atoms with E-state index in [0.29, 0.717) is 41.2 Å². The summed E-state index contributed by atoms with van der Waals surface area (Å²) in [7, 11) is 1.54. The highest BCUT2D eigenvalue weighted by Crippen LogP contribution is 2.36. The minimum atomic E-state index is -0.277. The number of hydrogen-bond acceptors (Lipinski definition) is 4. The minimum absolute atomic E-state index is 0.277. The molecule has 0 unspecified atom stereocenters. The molecule has 0 aliphatic rings. The van der Waals surface area contributed by atoms with Crippen molar-refractivity contribution >= 4 is 29.3 Å². The second kappa shape index (κ2) is 9.73. The zero-order chi connectivity index (χ0) is 18.9. The van der Waals surface area contributed by atoms with Gasteiger partial charge in [-0.05, 0) is 49.8 Å². The van der Waals surface area contributed by atoms with Crippen LogP contribution >= 0.6 is 11.6 Å². The van der Waals surface area contributed by atoms with E-state index >= 15 is 0 Å². The first-order valence-electron chi connectivity index (χ1n) is 8.30. The monoisotopic (exact) mass is 375 g/mol. The summed E-state index contributed by atoms with van der Waals surface area (Å²) < 4.78 is 16.3. The molecule has 1 N–H and O–H groups in total. The highest BCUT2D eigenvalue weighted by Gasteiger charge is 2.11. The fourth-order valence-electron chi connectivity index (χ4n) is 2.32. The van der Waals surface area contributed by atoms with E-state index in [4.69, 9.17) is 25.8 Å². The summed E-state index contributed by atoms with van der Waals surface area (Å²) >= 11 is 6.24. The van der Waals surface area contributed by atoms with E-state index in [1.807, 2.05) is 26.0 Å². The fourth-order valence-corrected chi connectivity index (χ4v) is 2.59. The van der Waals surface area contributed by atoms with Gasteiger partial charge in [0, 0.05) is 6.08 Å². The van der Waals surface area contributed by atoms with Gasteiger partial charge in [-0.3, -0.25) is 4.79 Å². The largest absolute Gasteiger partial charge is 0.493 e. The third kappa shape index (κ3) is 5.17. The number of halogens is 1. The molecule has 0 aliphatic carbocycles. The number of benzene rings is 2. The van der Waals surface area contributed by atoms with Gasteiger partial charge in [-0.15, -0.1) is 0 Å².